The lowest BCUT2D eigenvalue weighted by Gasteiger charge is -2.20. The monoisotopic (exact) mass is 307 g/mol. The van der Waals surface area contributed by atoms with Crippen molar-refractivity contribution in [2.45, 2.75) is 45.3 Å². The van der Waals surface area contributed by atoms with E-state index in [0.717, 1.165) is 30.6 Å². The number of rotatable bonds is 6. The molecule has 1 aliphatic rings. The first kappa shape index (κ1) is 16.6. The molecule has 0 aromatic heterocycles. The lowest BCUT2D eigenvalue weighted by atomic mass is 10.0. The van der Waals surface area contributed by atoms with E-state index in [4.69, 9.17) is 14.2 Å². The van der Waals surface area contributed by atoms with Gasteiger partial charge in [-0.15, -0.1) is 0 Å². The Hall–Kier alpha value is -1.75. The van der Waals surface area contributed by atoms with Crippen LogP contribution < -0.4 is 14.8 Å². The van der Waals surface area contributed by atoms with E-state index < -0.39 is 0 Å². The Labute approximate surface area is 131 Å². The molecule has 1 aliphatic heterocycles. The van der Waals surface area contributed by atoms with Crippen molar-refractivity contribution in [1.82, 2.24) is 5.32 Å². The summed E-state index contributed by atoms with van der Waals surface area (Å²) in [6.07, 6.45) is 2.51. The number of carbonyl (C=O) groups is 1. The summed E-state index contributed by atoms with van der Waals surface area (Å²) in [6.45, 7) is 4.74. The van der Waals surface area contributed by atoms with E-state index in [1.807, 2.05) is 26.0 Å². The van der Waals surface area contributed by atoms with Crippen LogP contribution in [0.25, 0.3) is 0 Å². The topological polar surface area (TPSA) is 56.8 Å². The van der Waals surface area contributed by atoms with Crippen LogP contribution in [0.5, 0.6) is 11.5 Å². The zero-order valence-corrected chi connectivity index (χ0v) is 13.8. The third-order valence-electron chi connectivity index (χ3n) is 4.05. The molecule has 1 heterocycles. The number of ether oxygens (including phenoxy) is 3. The Morgan fingerprint density at radius 2 is 2.05 bits per heavy atom. The van der Waals surface area contributed by atoms with E-state index in [0.29, 0.717) is 17.9 Å². The summed E-state index contributed by atoms with van der Waals surface area (Å²) < 4.78 is 16.1. The zero-order valence-electron chi connectivity index (χ0n) is 13.8. The fourth-order valence-corrected chi connectivity index (χ4v) is 2.85. The van der Waals surface area contributed by atoms with Crippen molar-refractivity contribution in [3.05, 3.63) is 23.3 Å². The van der Waals surface area contributed by atoms with Crippen LogP contribution in [0.2, 0.25) is 0 Å². The molecule has 5 nitrogen and oxygen atoms in total. The third kappa shape index (κ3) is 3.91. The molecule has 0 unspecified atom stereocenters. The molecule has 122 valence electrons. The van der Waals surface area contributed by atoms with Gasteiger partial charge in [-0.3, -0.25) is 4.79 Å². The van der Waals surface area contributed by atoms with E-state index in [2.05, 4.69) is 5.32 Å². The van der Waals surface area contributed by atoms with Crippen LogP contribution in [0.15, 0.2) is 12.1 Å². The van der Waals surface area contributed by atoms with Crippen molar-refractivity contribution in [3.8, 4) is 11.5 Å². The highest BCUT2D eigenvalue weighted by atomic mass is 16.5. The minimum Gasteiger partial charge on any atom is -0.493 e. The van der Waals surface area contributed by atoms with Gasteiger partial charge in [-0.05, 0) is 49.9 Å². The fraction of sp³-hybridized carbons (Fsp3) is 0.588. The maximum absolute atomic E-state index is 12.1. The van der Waals surface area contributed by atoms with Crippen LogP contribution in [0.4, 0.5) is 0 Å². The zero-order chi connectivity index (χ0) is 16.1. The molecular weight excluding hydrogens is 282 g/mol. The smallest absolute Gasteiger partial charge is 0.223 e. The molecule has 0 bridgehead atoms. The van der Waals surface area contributed by atoms with Crippen LogP contribution in [0.3, 0.4) is 0 Å². The molecule has 0 spiro atoms. The summed E-state index contributed by atoms with van der Waals surface area (Å²) in [5.41, 5.74) is 2.08. The second-order valence-corrected chi connectivity index (χ2v) is 5.69. The van der Waals surface area contributed by atoms with E-state index in [-0.39, 0.29) is 18.1 Å². The molecule has 1 amide bonds. The highest BCUT2D eigenvalue weighted by molar-refractivity contribution is 5.77. The van der Waals surface area contributed by atoms with Crippen LogP contribution >= 0.6 is 0 Å². The molecular formula is C17H25NO4. The number of carbonyl (C=O) groups excluding carboxylic acids is 1. The largest absolute Gasteiger partial charge is 0.493 e. The normalized spacial score (nSPS) is 18.8. The summed E-state index contributed by atoms with van der Waals surface area (Å²) in [7, 11) is 3.22. The Morgan fingerprint density at radius 1 is 1.36 bits per heavy atom. The van der Waals surface area contributed by atoms with Crippen molar-refractivity contribution >= 4 is 5.91 Å². The van der Waals surface area contributed by atoms with Crippen LogP contribution in [-0.4, -0.2) is 32.8 Å². The molecule has 1 aromatic rings. The standard InChI is InChI=1S/C17H25NO4/c1-11-8-15(20-3)16(21-4)10-14(11)12(2)18-17(19)9-13-6-5-7-22-13/h8,10,12-13H,5-7,9H2,1-4H3,(H,18,19)/t12-,13-/m1/s1. The molecule has 0 aliphatic carbocycles. The fourth-order valence-electron chi connectivity index (χ4n) is 2.85. The number of hydrogen-bond donors (Lipinski definition) is 1. The molecule has 5 heteroatoms. The molecule has 0 radical (unpaired) electrons. The molecule has 22 heavy (non-hydrogen) atoms. The lowest BCUT2D eigenvalue weighted by Crippen LogP contribution is -2.30. The first-order chi connectivity index (χ1) is 10.5. The van der Waals surface area contributed by atoms with Gasteiger partial charge in [0.1, 0.15) is 0 Å². The molecule has 1 N–H and O–H groups in total. The van der Waals surface area contributed by atoms with Gasteiger partial charge >= 0.3 is 0 Å². The van der Waals surface area contributed by atoms with Gasteiger partial charge < -0.3 is 19.5 Å². The minimum absolute atomic E-state index is 0.0218. The molecule has 0 saturated carbocycles. The number of nitrogens with one attached hydrogen (secondary N) is 1. The predicted octanol–water partition coefficient (Wildman–Crippen LogP) is 2.76. The van der Waals surface area contributed by atoms with Crippen molar-refractivity contribution in [2.24, 2.45) is 0 Å². The minimum atomic E-state index is -0.0892. The van der Waals surface area contributed by atoms with Gasteiger partial charge in [-0.2, -0.15) is 0 Å². The average Bonchev–Trinajstić information content (AvgIpc) is 2.99. The number of benzene rings is 1. The van der Waals surface area contributed by atoms with Crippen molar-refractivity contribution < 1.29 is 19.0 Å². The molecule has 1 fully saturated rings. The molecule has 1 aromatic carbocycles. The van der Waals surface area contributed by atoms with Gasteiger partial charge in [0.25, 0.3) is 0 Å². The van der Waals surface area contributed by atoms with Gasteiger partial charge in [0.05, 0.1) is 32.8 Å². The van der Waals surface area contributed by atoms with Crippen molar-refractivity contribution in [3.63, 3.8) is 0 Å². The van der Waals surface area contributed by atoms with Gasteiger partial charge in [0, 0.05) is 6.61 Å². The second kappa shape index (κ2) is 7.49. The SMILES string of the molecule is COc1cc(C)c([C@@H](C)NC(=O)C[C@H]2CCCO2)cc1OC. The Bertz CT molecular complexity index is 524. The van der Waals surface area contributed by atoms with Crippen LogP contribution in [0, 0.1) is 6.92 Å². The highest BCUT2D eigenvalue weighted by Crippen LogP contribution is 2.32. The van der Waals surface area contributed by atoms with Crippen molar-refractivity contribution in [1.29, 1.82) is 0 Å². The number of amides is 1. The quantitative estimate of drug-likeness (QED) is 0.878. The van der Waals surface area contributed by atoms with Gasteiger partial charge in [0.15, 0.2) is 11.5 Å². The van der Waals surface area contributed by atoms with E-state index in [1.165, 1.54) is 0 Å². The second-order valence-electron chi connectivity index (χ2n) is 5.69. The summed E-state index contributed by atoms with van der Waals surface area (Å²) in [6, 6.07) is 3.76. The molecule has 1 saturated heterocycles. The highest BCUT2D eigenvalue weighted by Gasteiger charge is 2.21. The molecule has 2 rings (SSSR count). The lowest BCUT2D eigenvalue weighted by molar-refractivity contribution is -0.123. The van der Waals surface area contributed by atoms with E-state index in [9.17, 15) is 4.79 Å². The Kier molecular flexibility index (Phi) is 5.66. The van der Waals surface area contributed by atoms with Crippen molar-refractivity contribution in [2.75, 3.05) is 20.8 Å². The number of hydrogen-bond acceptors (Lipinski definition) is 4. The van der Waals surface area contributed by atoms with Crippen LogP contribution in [-0.2, 0) is 9.53 Å². The predicted molar refractivity (Wildman–Crippen MR) is 84.4 cm³/mol. The molecule has 2 atom stereocenters. The Morgan fingerprint density at radius 3 is 2.64 bits per heavy atom. The summed E-state index contributed by atoms with van der Waals surface area (Å²) in [5, 5.41) is 3.04. The number of methoxy groups -OCH3 is 2. The third-order valence-corrected chi connectivity index (χ3v) is 4.05. The maximum Gasteiger partial charge on any atom is 0.223 e. The van der Waals surface area contributed by atoms with Gasteiger partial charge in [0.2, 0.25) is 5.91 Å². The Balaban J connectivity index is 2.04. The van der Waals surface area contributed by atoms with E-state index >= 15 is 0 Å². The average molecular weight is 307 g/mol. The van der Waals surface area contributed by atoms with Crippen LogP contribution in [0.1, 0.15) is 43.4 Å². The van der Waals surface area contributed by atoms with Gasteiger partial charge in [-0.1, -0.05) is 0 Å². The first-order valence-electron chi connectivity index (χ1n) is 7.68. The maximum atomic E-state index is 12.1. The first-order valence-corrected chi connectivity index (χ1v) is 7.68. The summed E-state index contributed by atoms with van der Waals surface area (Å²) >= 11 is 0. The van der Waals surface area contributed by atoms with Gasteiger partial charge in [-0.25, -0.2) is 0 Å². The van der Waals surface area contributed by atoms with E-state index in [1.54, 1.807) is 14.2 Å². The number of aryl methyl sites for hydroxylation is 1. The summed E-state index contributed by atoms with van der Waals surface area (Å²) in [4.78, 5) is 12.1. The summed E-state index contributed by atoms with van der Waals surface area (Å²) in [5.74, 6) is 1.39.